The van der Waals surface area contributed by atoms with E-state index in [1.807, 2.05) is 0 Å². The minimum absolute atomic E-state index is 0.0147. The van der Waals surface area contributed by atoms with Crippen molar-refractivity contribution in [2.45, 2.75) is 45.2 Å². The molecule has 1 aromatic heterocycles. The minimum atomic E-state index is -0.469. The van der Waals surface area contributed by atoms with Crippen LogP contribution in [0.3, 0.4) is 0 Å². The molecule has 4 rings (SSSR count). The Morgan fingerprint density at radius 3 is 2.65 bits per heavy atom. The molecule has 0 aromatic carbocycles. The normalized spacial score (nSPS) is 29.7. The quantitative estimate of drug-likeness (QED) is 0.780. The molecule has 2 saturated carbocycles. The SMILES string of the molecule is COC(=O)[C@@H]1[C@@H]2[C@H](CN1C(=O)[C@H](CC1CC1)Nc1cncnc1)C2(C)C. The van der Waals surface area contributed by atoms with Crippen LogP contribution < -0.4 is 5.32 Å². The Balaban J connectivity index is 1.54. The second kappa shape index (κ2) is 6.21. The molecule has 0 radical (unpaired) electrons. The van der Waals surface area contributed by atoms with Crippen LogP contribution in [0.1, 0.15) is 33.1 Å². The van der Waals surface area contributed by atoms with Gasteiger partial charge in [-0.25, -0.2) is 14.8 Å². The number of piperidine rings is 1. The van der Waals surface area contributed by atoms with Gasteiger partial charge in [0.1, 0.15) is 18.4 Å². The molecule has 2 aliphatic carbocycles. The van der Waals surface area contributed by atoms with Gasteiger partial charge in [-0.2, -0.15) is 0 Å². The molecule has 26 heavy (non-hydrogen) atoms. The molecular weight excluding hydrogens is 332 g/mol. The molecule has 1 N–H and O–H groups in total. The number of esters is 1. The van der Waals surface area contributed by atoms with E-state index in [0.717, 1.165) is 24.9 Å². The van der Waals surface area contributed by atoms with Crippen LogP contribution >= 0.6 is 0 Å². The largest absolute Gasteiger partial charge is 0.467 e. The van der Waals surface area contributed by atoms with Crippen LogP contribution in [0.4, 0.5) is 5.69 Å². The summed E-state index contributed by atoms with van der Waals surface area (Å²) in [5.41, 5.74) is 0.827. The number of methoxy groups -OCH3 is 1. The second-order valence-corrected chi connectivity index (χ2v) is 8.42. The van der Waals surface area contributed by atoms with Gasteiger partial charge >= 0.3 is 5.97 Å². The summed E-state index contributed by atoms with van der Waals surface area (Å²) >= 11 is 0. The summed E-state index contributed by atoms with van der Waals surface area (Å²) in [6, 6.07) is -0.829. The zero-order chi connectivity index (χ0) is 18.5. The molecule has 0 bridgehead atoms. The average Bonchev–Trinajstić information content (AvgIpc) is 3.48. The van der Waals surface area contributed by atoms with Crippen LogP contribution in [0, 0.1) is 23.2 Å². The fraction of sp³-hybridized carbons (Fsp3) is 0.684. The van der Waals surface area contributed by atoms with E-state index in [0.29, 0.717) is 18.4 Å². The number of fused-ring (bicyclic) bond motifs is 1. The van der Waals surface area contributed by atoms with E-state index in [1.165, 1.54) is 13.4 Å². The van der Waals surface area contributed by atoms with Crippen molar-refractivity contribution in [2.24, 2.45) is 23.2 Å². The van der Waals surface area contributed by atoms with Gasteiger partial charge in [0.25, 0.3) is 0 Å². The maximum Gasteiger partial charge on any atom is 0.328 e. The van der Waals surface area contributed by atoms with Crippen molar-refractivity contribution in [3.8, 4) is 0 Å². The first-order valence-electron chi connectivity index (χ1n) is 9.33. The van der Waals surface area contributed by atoms with Crippen LogP contribution in [0.25, 0.3) is 0 Å². The molecule has 3 fully saturated rings. The van der Waals surface area contributed by atoms with Gasteiger partial charge in [-0.05, 0) is 23.7 Å². The molecule has 1 amide bonds. The van der Waals surface area contributed by atoms with Crippen molar-refractivity contribution in [3.63, 3.8) is 0 Å². The van der Waals surface area contributed by atoms with Crippen molar-refractivity contribution in [1.82, 2.24) is 14.9 Å². The highest BCUT2D eigenvalue weighted by atomic mass is 16.5. The van der Waals surface area contributed by atoms with Crippen molar-refractivity contribution in [1.29, 1.82) is 0 Å². The minimum Gasteiger partial charge on any atom is -0.467 e. The standard InChI is InChI=1S/C19H26N4O3/c1-19(2)13-9-23(16(15(13)19)18(25)26-3)17(24)14(6-11-4-5-11)22-12-7-20-10-21-8-12/h7-8,10-11,13-16,22H,4-6,9H2,1-3H3/t13-,14-,15-,16-/m0/s1. The molecule has 1 saturated heterocycles. The van der Waals surface area contributed by atoms with Crippen molar-refractivity contribution in [2.75, 3.05) is 19.0 Å². The number of likely N-dealkylation sites (tertiary alicyclic amines) is 1. The number of aromatic nitrogens is 2. The summed E-state index contributed by atoms with van der Waals surface area (Å²) < 4.78 is 5.02. The van der Waals surface area contributed by atoms with Crippen LogP contribution in [0.2, 0.25) is 0 Å². The number of rotatable bonds is 6. The average molecular weight is 358 g/mol. The highest BCUT2D eigenvalue weighted by Crippen LogP contribution is 2.65. The number of ether oxygens (including phenoxy) is 1. The number of hydrogen-bond acceptors (Lipinski definition) is 6. The lowest BCUT2D eigenvalue weighted by Crippen LogP contribution is -2.51. The zero-order valence-corrected chi connectivity index (χ0v) is 15.5. The maximum atomic E-state index is 13.3. The molecular formula is C19H26N4O3. The zero-order valence-electron chi connectivity index (χ0n) is 15.5. The first kappa shape index (κ1) is 17.2. The lowest BCUT2D eigenvalue weighted by molar-refractivity contribution is -0.153. The Morgan fingerprint density at radius 1 is 1.35 bits per heavy atom. The van der Waals surface area contributed by atoms with Crippen LogP contribution in [0.5, 0.6) is 0 Å². The van der Waals surface area contributed by atoms with E-state index in [9.17, 15) is 9.59 Å². The third-order valence-electron chi connectivity index (χ3n) is 6.40. The van der Waals surface area contributed by atoms with Crippen LogP contribution in [0.15, 0.2) is 18.7 Å². The van der Waals surface area contributed by atoms with E-state index in [2.05, 4.69) is 29.1 Å². The van der Waals surface area contributed by atoms with E-state index in [-0.39, 0.29) is 29.3 Å². The van der Waals surface area contributed by atoms with Gasteiger partial charge in [0.2, 0.25) is 5.91 Å². The number of amides is 1. The summed E-state index contributed by atoms with van der Waals surface area (Å²) in [5, 5.41) is 3.29. The monoisotopic (exact) mass is 358 g/mol. The molecule has 4 atom stereocenters. The lowest BCUT2D eigenvalue weighted by Gasteiger charge is -2.32. The molecule has 3 aliphatic rings. The smallest absolute Gasteiger partial charge is 0.328 e. The van der Waals surface area contributed by atoms with Gasteiger partial charge in [0, 0.05) is 12.5 Å². The van der Waals surface area contributed by atoms with E-state index < -0.39 is 6.04 Å². The predicted octanol–water partition coefficient (Wildman–Crippen LogP) is 1.71. The molecule has 2 heterocycles. The molecule has 140 valence electrons. The summed E-state index contributed by atoms with van der Waals surface area (Å²) in [7, 11) is 1.40. The van der Waals surface area contributed by atoms with E-state index >= 15 is 0 Å². The Morgan fingerprint density at radius 2 is 2.04 bits per heavy atom. The Hall–Kier alpha value is -2.18. The molecule has 1 aromatic rings. The van der Waals surface area contributed by atoms with E-state index in [1.54, 1.807) is 17.3 Å². The first-order valence-corrected chi connectivity index (χ1v) is 9.33. The number of nitrogens with one attached hydrogen (secondary N) is 1. The topological polar surface area (TPSA) is 84.4 Å². The number of anilines is 1. The lowest BCUT2D eigenvalue weighted by atomic mass is 9.99. The van der Waals surface area contributed by atoms with Gasteiger partial charge in [-0.15, -0.1) is 0 Å². The van der Waals surface area contributed by atoms with E-state index in [4.69, 9.17) is 4.74 Å². The summed E-state index contributed by atoms with van der Waals surface area (Å²) in [5.74, 6) is 0.827. The fourth-order valence-electron chi connectivity index (χ4n) is 4.59. The maximum absolute atomic E-state index is 13.3. The second-order valence-electron chi connectivity index (χ2n) is 8.42. The van der Waals surface area contributed by atoms with Gasteiger partial charge < -0.3 is 15.0 Å². The first-order chi connectivity index (χ1) is 12.4. The highest BCUT2D eigenvalue weighted by molar-refractivity contribution is 5.91. The predicted molar refractivity (Wildman–Crippen MR) is 95.1 cm³/mol. The third-order valence-corrected chi connectivity index (χ3v) is 6.40. The van der Waals surface area contributed by atoms with Gasteiger partial charge in [-0.3, -0.25) is 4.79 Å². The molecule has 7 nitrogen and oxygen atoms in total. The fourth-order valence-corrected chi connectivity index (χ4v) is 4.59. The summed E-state index contributed by atoms with van der Waals surface area (Å²) in [4.78, 5) is 35.5. The Bertz CT molecular complexity index is 704. The molecule has 0 unspecified atom stereocenters. The Labute approximate surface area is 153 Å². The number of carbonyl (C=O) groups excluding carboxylic acids is 2. The van der Waals surface area contributed by atoms with Gasteiger partial charge in [0.15, 0.2) is 0 Å². The van der Waals surface area contributed by atoms with Crippen molar-refractivity contribution < 1.29 is 14.3 Å². The molecule has 0 spiro atoms. The Kier molecular flexibility index (Phi) is 4.12. The van der Waals surface area contributed by atoms with Crippen LogP contribution in [-0.4, -0.2) is 52.5 Å². The van der Waals surface area contributed by atoms with Crippen molar-refractivity contribution in [3.05, 3.63) is 18.7 Å². The summed E-state index contributed by atoms with van der Waals surface area (Å²) in [6.07, 6.45) is 7.90. The van der Waals surface area contributed by atoms with Gasteiger partial charge in [0.05, 0.1) is 25.2 Å². The van der Waals surface area contributed by atoms with Gasteiger partial charge in [-0.1, -0.05) is 26.7 Å². The number of carbonyl (C=O) groups is 2. The molecule has 1 aliphatic heterocycles. The third kappa shape index (κ3) is 2.93. The highest BCUT2D eigenvalue weighted by Gasteiger charge is 2.70. The van der Waals surface area contributed by atoms with Crippen LogP contribution in [-0.2, 0) is 14.3 Å². The number of hydrogen-bond donors (Lipinski definition) is 1. The molecule has 7 heteroatoms. The summed E-state index contributed by atoms with van der Waals surface area (Å²) in [6.45, 7) is 4.97. The van der Waals surface area contributed by atoms with Crippen molar-refractivity contribution >= 4 is 17.6 Å². The number of nitrogens with zero attached hydrogens (tertiary/aromatic N) is 3.